The lowest BCUT2D eigenvalue weighted by Crippen LogP contribution is -2.23. The van der Waals surface area contributed by atoms with E-state index in [0.717, 1.165) is 48.6 Å². The minimum Gasteiger partial charge on any atom is -0.489 e. The molecule has 154 valence electrons. The molecule has 1 atom stereocenters. The zero-order chi connectivity index (χ0) is 21.1. The maximum absolute atomic E-state index is 8.93. The first-order valence-electron chi connectivity index (χ1n) is 10.5. The molecule has 0 amide bonds. The highest BCUT2D eigenvalue weighted by Crippen LogP contribution is 2.32. The molecule has 0 N–H and O–H groups in total. The van der Waals surface area contributed by atoms with Gasteiger partial charge >= 0.3 is 0 Å². The van der Waals surface area contributed by atoms with E-state index in [4.69, 9.17) is 19.7 Å². The molecule has 1 fully saturated rings. The first kappa shape index (κ1) is 20.2. The van der Waals surface area contributed by atoms with Crippen LogP contribution in [0.4, 0.5) is 5.69 Å². The van der Waals surface area contributed by atoms with Gasteiger partial charge in [0.1, 0.15) is 12.4 Å². The SMILES string of the molecule is CCO[C@H]1CCN(c2cc(C)nc3cc(COc4ccc(C#N)cc4)c(C)cc23)C1. The molecule has 0 saturated carbocycles. The Morgan fingerprint density at radius 1 is 1.17 bits per heavy atom. The number of hydrogen-bond acceptors (Lipinski definition) is 5. The molecule has 0 unspecified atom stereocenters. The van der Waals surface area contributed by atoms with Crippen molar-refractivity contribution in [3.63, 3.8) is 0 Å². The number of rotatable bonds is 6. The number of pyridine rings is 1. The zero-order valence-electron chi connectivity index (χ0n) is 17.8. The van der Waals surface area contributed by atoms with Crippen LogP contribution in [0.5, 0.6) is 5.75 Å². The first-order chi connectivity index (χ1) is 14.6. The van der Waals surface area contributed by atoms with Crippen LogP contribution in [0.25, 0.3) is 10.9 Å². The highest BCUT2D eigenvalue weighted by atomic mass is 16.5. The molecule has 0 spiro atoms. The molecule has 1 aliphatic heterocycles. The van der Waals surface area contributed by atoms with Gasteiger partial charge in [-0.25, -0.2) is 0 Å². The largest absolute Gasteiger partial charge is 0.489 e. The number of anilines is 1. The van der Waals surface area contributed by atoms with E-state index >= 15 is 0 Å². The molecule has 0 radical (unpaired) electrons. The Balaban J connectivity index is 1.59. The van der Waals surface area contributed by atoms with E-state index in [9.17, 15) is 0 Å². The number of benzene rings is 2. The number of hydrogen-bond donors (Lipinski definition) is 0. The summed E-state index contributed by atoms with van der Waals surface area (Å²) < 4.78 is 11.8. The number of nitriles is 1. The average Bonchev–Trinajstić information content (AvgIpc) is 3.21. The molecule has 30 heavy (non-hydrogen) atoms. The van der Waals surface area contributed by atoms with Crippen LogP contribution in [-0.2, 0) is 11.3 Å². The van der Waals surface area contributed by atoms with Crippen molar-refractivity contribution in [2.75, 3.05) is 24.6 Å². The Bertz CT molecular complexity index is 1090. The molecule has 1 aliphatic rings. The summed E-state index contributed by atoms with van der Waals surface area (Å²) in [5.74, 6) is 0.755. The van der Waals surface area contributed by atoms with Crippen LogP contribution >= 0.6 is 0 Å². The molecule has 5 heteroatoms. The van der Waals surface area contributed by atoms with Gasteiger partial charge in [0.25, 0.3) is 0 Å². The van der Waals surface area contributed by atoms with E-state index in [1.165, 1.54) is 16.6 Å². The van der Waals surface area contributed by atoms with Crippen LogP contribution in [0.1, 0.15) is 35.7 Å². The van der Waals surface area contributed by atoms with Crippen LogP contribution in [0, 0.1) is 25.2 Å². The van der Waals surface area contributed by atoms with Gasteiger partial charge in [-0.05, 0) is 80.8 Å². The Kier molecular flexibility index (Phi) is 5.87. The van der Waals surface area contributed by atoms with E-state index in [1.54, 1.807) is 12.1 Å². The Labute approximate surface area is 177 Å². The lowest BCUT2D eigenvalue weighted by molar-refractivity contribution is 0.0788. The molecular formula is C25H27N3O2. The summed E-state index contributed by atoms with van der Waals surface area (Å²) in [6, 6.07) is 15.9. The molecule has 0 aliphatic carbocycles. The summed E-state index contributed by atoms with van der Waals surface area (Å²) in [4.78, 5) is 7.21. The van der Waals surface area contributed by atoms with Crippen molar-refractivity contribution < 1.29 is 9.47 Å². The summed E-state index contributed by atoms with van der Waals surface area (Å²) in [7, 11) is 0. The summed E-state index contributed by atoms with van der Waals surface area (Å²) in [5, 5.41) is 10.1. The molecule has 5 nitrogen and oxygen atoms in total. The second-order valence-electron chi connectivity index (χ2n) is 7.82. The van der Waals surface area contributed by atoms with Crippen LogP contribution < -0.4 is 9.64 Å². The molecule has 1 saturated heterocycles. The topological polar surface area (TPSA) is 58.4 Å². The zero-order valence-corrected chi connectivity index (χ0v) is 17.8. The number of ether oxygens (including phenoxy) is 2. The third-order valence-electron chi connectivity index (χ3n) is 5.64. The van der Waals surface area contributed by atoms with Crippen LogP contribution in [0.2, 0.25) is 0 Å². The van der Waals surface area contributed by atoms with E-state index in [2.05, 4.69) is 43.0 Å². The van der Waals surface area contributed by atoms with Crippen molar-refractivity contribution >= 4 is 16.6 Å². The lowest BCUT2D eigenvalue weighted by atomic mass is 10.0. The lowest BCUT2D eigenvalue weighted by Gasteiger charge is -2.22. The van der Waals surface area contributed by atoms with E-state index in [-0.39, 0.29) is 0 Å². The third-order valence-corrected chi connectivity index (χ3v) is 5.64. The van der Waals surface area contributed by atoms with Crippen molar-refractivity contribution in [2.45, 2.75) is 39.9 Å². The van der Waals surface area contributed by atoms with Crippen molar-refractivity contribution in [1.82, 2.24) is 4.98 Å². The highest BCUT2D eigenvalue weighted by Gasteiger charge is 2.24. The predicted octanol–water partition coefficient (Wildman–Crippen LogP) is 4.92. The summed E-state index contributed by atoms with van der Waals surface area (Å²) in [6.07, 6.45) is 1.37. The van der Waals surface area contributed by atoms with Crippen molar-refractivity contribution in [3.8, 4) is 11.8 Å². The second kappa shape index (κ2) is 8.73. The molecular weight excluding hydrogens is 374 g/mol. The molecule has 4 rings (SSSR count). The number of fused-ring (bicyclic) bond motifs is 1. The van der Waals surface area contributed by atoms with Gasteiger partial charge in [-0.15, -0.1) is 0 Å². The van der Waals surface area contributed by atoms with E-state index < -0.39 is 0 Å². The van der Waals surface area contributed by atoms with Gasteiger partial charge in [0.2, 0.25) is 0 Å². The van der Waals surface area contributed by atoms with E-state index in [0.29, 0.717) is 18.3 Å². The third kappa shape index (κ3) is 4.24. The smallest absolute Gasteiger partial charge is 0.119 e. The highest BCUT2D eigenvalue weighted by molar-refractivity contribution is 5.93. The predicted molar refractivity (Wildman–Crippen MR) is 119 cm³/mol. The van der Waals surface area contributed by atoms with Gasteiger partial charge in [0.15, 0.2) is 0 Å². The molecule has 1 aromatic heterocycles. The maximum atomic E-state index is 8.93. The Morgan fingerprint density at radius 3 is 2.70 bits per heavy atom. The molecule has 2 heterocycles. The number of aryl methyl sites for hydroxylation is 2. The molecule has 2 aromatic carbocycles. The fourth-order valence-electron chi connectivity index (χ4n) is 4.06. The van der Waals surface area contributed by atoms with Crippen molar-refractivity contribution in [3.05, 3.63) is 64.8 Å². The van der Waals surface area contributed by atoms with Crippen LogP contribution in [-0.4, -0.2) is 30.8 Å². The summed E-state index contributed by atoms with van der Waals surface area (Å²) in [6.45, 7) is 9.38. The Morgan fingerprint density at radius 2 is 1.97 bits per heavy atom. The molecule has 3 aromatic rings. The molecule has 0 bridgehead atoms. The van der Waals surface area contributed by atoms with Gasteiger partial charge in [0, 0.05) is 36.5 Å². The minimum absolute atomic E-state index is 0.305. The standard InChI is InChI=1S/C25H27N3O2/c1-4-29-22-9-10-28(15-22)25-12-18(3)27-24-13-20(17(2)11-23(24)25)16-30-21-7-5-19(14-26)6-8-21/h5-8,11-13,22H,4,9-10,15-16H2,1-3H3/t22-/m0/s1. The van der Waals surface area contributed by atoms with Gasteiger partial charge in [-0.1, -0.05) is 0 Å². The van der Waals surface area contributed by atoms with Gasteiger partial charge in [-0.2, -0.15) is 5.26 Å². The monoisotopic (exact) mass is 401 g/mol. The van der Waals surface area contributed by atoms with Gasteiger partial charge < -0.3 is 14.4 Å². The van der Waals surface area contributed by atoms with Crippen molar-refractivity contribution in [2.24, 2.45) is 0 Å². The average molecular weight is 402 g/mol. The maximum Gasteiger partial charge on any atom is 0.119 e. The first-order valence-corrected chi connectivity index (χ1v) is 10.5. The van der Waals surface area contributed by atoms with Crippen LogP contribution in [0.3, 0.4) is 0 Å². The quantitative estimate of drug-likeness (QED) is 0.587. The number of aromatic nitrogens is 1. The Hall–Kier alpha value is -3.10. The van der Waals surface area contributed by atoms with Gasteiger partial charge in [-0.3, -0.25) is 4.98 Å². The van der Waals surface area contributed by atoms with Gasteiger partial charge in [0.05, 0.1) is 23.3 Å². The normalized spacial score (nSPS) is 16.1. The fourth-order valence-corrected chi connectivity index (χ4v) is 4.06. The fraction of sp³-hybridized carbons (Fsp3) is 0.360. The minimum atomic E-state index is 0.305. The summed E-state index contributed by atoms with van der Waals surface area (Å²) >= 11 is 0. The number of nitrogens with zero attached hydrogens (tertiary/aromatic N) is 3. The second-order valence-corrected chi connectivity index (χ2v) is 7.82. The van der Waals surface area contributed by atoms with Crippen LogP contribution in [0.15, 0.2) is 42.5 Å². The van der Waals surface area contributed by atoms with Crippen molar-refractivity contribution in [1.29, 1.82) is 5.26 Å². The van der Waals surface area contributed by atoms with E-state index in [1.807, 2.05) is 19.1 Å². The summed E-state index contributed by atoms with van der Waals surface area (Å²) in [5.41, 5.74) is 6.18.